The second-order valence-electron chi connectivity index (χ2n) is 5.09. The van der Waals surface area contributed by atoms with E-state index in [1.165, 1.54) is 0 Å². The lowest BCUT2D eigenvalue weighted by atomic mass is 10.2. The third kappa shape index (κ3) is 4.23. The van der Waals surface area contributed by atoms with Crippen molar-refractivity contribution >= 4 is 23.4 Å². The smallest absolute Gasteiger partial charge is 0.225 e. The second-order valence-corrected chi connectivity index (χ2v) is 5.94. The Morgan fingerprint density at radius 3 is 3.05 bits per heavy atom. The molecule has 1 heterocycles. The molecule has 1 aliphatic rings. The normalized spacial score (nSPS) is 19.8. The zero-order valence-corrected chi connectivity index (χ0v) is 13.0. The monoisotopic (exact) mass is 293 g/mol. The summed E-state index contributed by atoms with van der Waals surface area (Å²) in [5.74, 6) is 0.0947. The maximum atomic E-state index is 12.1. The molecule has 1 aliphatic heterocycles. The van der Waals surface area contributed by atoms with Gasteiger partial charge < -0.3 is 10.6 Å². The minimum absolute atomic E-state index is 0.0947. The van der Waals surface area contributed by atoms with Crippen molar-refractivity contribution in [1.29, 1.82) is 0 Å². The van der Waals surface area contributed by atoms with Crippen molar-refractivity contribution < 1.29 is 4.79 Å². The largest absolute Gasteiger partial charge is 0.325 e. The number of anilines is 1. The molecule has 0 unspecified atom stereocenters. The van der Waals surface area contributed by atoms with Crippen molar-refractivity contribution in [2.45, 2.75) is 24.3 Å². The van der Waals surface area contributed by atoms with Gasteiger partial charge in [-0.3, -0.25) is 9.69 Å². The molecule has 1 aromatic carbocycles. The SMILES string of the molecule is CSc1ccccc1NC(=O)CCN1CCNC[C@@H]1C. The Morgan fingerprint density at radius 1 is 1.50 bits per heavy atom. The summed E-state index contributed by atoms with van der Waals surface area (Å²) in [7, 11) is 0. The van der Waals surface area contributed by atoms with Gasteiger partial charge in [-0.2, -0.15) is 0 Å². The molecule has 0 aromatic heterocycles. The molecule has 1 fully saturated rings. The van der Waals surface area contributed by atoms with Crippen LogP contribution in [0.2, 0.25) is 0 Å². The maximum Gasteiger partial charge on any atom is 0.225 e. The highest BCUT2D eigenvalue weighted by Gasteiger charge is 2.18. The molecule has 2 rings (SSSR count). The van der Waals surface area contributed by atoms with Crippen molar-refractivity contribution in [1.82, 2.24) is 10.2 Å². The van der Waals surface area contributed by atoms with Gasteiger partial charge in [0.05, 0.1) is 5.69 Å². The highest BCUT2D eigenvalue weighted by molar-refractivity contribution is 7.98. The summed E-state index contributed by atoms with van der Waals surface area (Å²) in [6.07, 6.45) is 2.57. The molecular weight excluding hydrogens is 270 g/mol. The maximum absolute atomic E-state index is 12.1. The van der Waals surface area contributed by atoms with Crippen molar-refractivity contribution in [3.05, 3.63) is 24.3 Å². The predicted molar refractivity (Wildman–Crippen MR) is 85.4 cm³/mol. The van der Waals surface area contributed by atoms with Crippen LogP contribution in [0.15, 0.2) is 29.2 Å². The first-order valence-electron chi connectivity index (χ1n) is 7.08. The van der Waals surface area contributed by atoms with Crippen molar-refractivity contribution in [3.63, 3.8) is 0 Å². The van der Waals surface area contributed by atoms with E-state index in [2.05, 4.69) is 22.5 Å². The zero-order valence-electron chi connectivity index (χ0n) is 12.2. The average molecular weight is 293 g/mol. The predicted octanol–water partition coefficient (Wildman–Crippen LogP) is 2.03. The molecule has 1 amide bonds. The number of hydrogen-bond donors (Lipinski definition) is 2. The topological polar surface area (TPSA) is 44.4 Å². The summed E-state index contributed by atoms with van der Waals surface area (Å²) in [4.78, 5) is 15.5. The van der Waals surface area contributed by atoms with Crippen LogP contribution >= 0.6 is 11.8 Å². The molecule has 1 atom stereocenters. The van der Waals surface area contributed by atoms with Gasteiger partial charge in [-0.05, 0) is 25.3 Å². The Bertz CT molecular complexity index is 452. The summed E-state index contributed by atoms with van der Waals surface area (Å²) >= 11 is 1.65. The molecular formula is C15H23N3OS. The van der Waals surface area contributed by atoms with Crippen LogP contribution < -0.4 is 10.6 Å². The molecule has 0 radical (unpaired) electrons. The van der Waals surface area contributed by atoms with E-state index in [9.17, 15) is 4.79 Å². The summed E-state index contributed by atoms with van der Waals surface area (Å²) in [6.45, 7) is 6.08. The Labute approximate surface area is 125 Å². The molecule has 110 valence electrons. The van der Waals surface area contributed by atoms with Crippen LogP contribution in [0, 0.1) is 0 Å². The van der Waals surface area contributed by atoms with Crippen LogP contribution in [0.5, 0.6) is 0 Å². The Balaban J connectivity index is 1.83. The fourth-order valence-electron chi connectivity index (χ4n) is 2.42. The number of thioether (sulfide) groups is 1. The molecule has 0 saturated carbocycles. The molecule has 4 nitrogen and oxygen atoms in total. The van der Waals surface area contributed by atoms with E-state index in [1.807, 2.05) is 30.5 Å². The van der Waals surface area contributed by atoms with E-state index in [4.69, 9.17) is 0 Å². The number of para-hydroxylation sites is 1. The van der Waals surface area contributed by atoms with Crippen LogP contribution in [0.1, 0.15) is 13.3 Å². The van der Waals surface area contributed by atoms with Gasteiger partial charge in [0.25, 0.3) is 0 Å². The van der Waals surface area contributed by atoms with Gasteiger partial charge >= 0.3 is 0 Å². The van der Waals surface area contributed by atoms with Gasteiger partial charge in [-0.25, -0.2) is 0 Å². The third-order valence-corrected chi connectivity index (χ3v) is 4.44. The average Bonchev–Trinajstić information content (AvgIpc) is 2.47. The minimum atomic E-state index is 0.0947. The highest BCUT2D eigenvalue weighted by Crippen LogP contribution is 2.24. The van der Waals surface area contributed by atoms with E-state index < -0.39 is 0 Å². The van der Waals surface area contributed by atoms with Gasteiger partial charge in [-0.1, -0.05) is 12.1 Å². The summed E-state index contributed by atoms with van der Waals surface area (Å²) in [6, 6.07) is 8.43. The molecule has 1 saturated heterocycles. The number of nitrogens with one attached hydrogen (secondary N) is 2. The van der Waals surface area contributed by atoms with E-state index in [0.29, 0.717) is 12.5 Å². The lowest BCUT2D eigenvalue weighted by molar-refractivity contribution is -0.116. The number of hydrogen-bond acceptors (Lipinski definition) is 4. The first kappa shape index (κ1) is 15.4. The number of piperazine rings is 1. The van der Waals surface area contributed by atoms with Gasteiger partial charge in [0, 0.05) is 43.5 Å². The van der Waals surface area contributed by atoms with Crippen LogP contribution in [-0.2, 0) is 4.79 Å². The summed E-state index contributed by atoms with van der Waals surface area (Å²) < 4.78 is 0. The first-order valence-corrected chi connectivity index (χ1v) is 8.31. The minimum Gasteiger partial charge on any atom is -0.325 e. The summed E-state index contributed by atoms with van der Waals surface area (Å²) in [5, 5.41) is 6.38. The molecule has 2 N–H and O–H groups in total. The lowest BCUT2D eigenvalue weighted by Crippen LogP contribution is -2.50. The Hall–Kier alpha value is -1.04. The standard InChI is InChI=1S/C15H23N3OS/c1-12-11-16-8-10-18(12)9-7-15(19)17-13-5-3-4-6-14(13)20-2/h3-6,12,16H,7-11H2,1-2H3,(H,17,19)/t12-/m0/s1. The van der Waals surface area contributed by atoms with Crippen LogP contribution in [0.3, 0.4) is 0 Å². The van der Waals surface area contributed by atoms with Crippen molar-refractivity contribution in [2.75, 3.05) is 37.8 Å². The molecule has 5 heteroatoms. The molecule has 0 aliphatic carbocycles. The number of amides is 1. The number of benzene rings is 1. The molecule has 0 bridgehead atoms. The van der Waals surface area contributed by atoms with Gasteiger partial charge in [0.2, 0.25) is 5.91 Å². The van der Waals surface area contributed by atoms with Crippen molar-refractivity contribution in [3.8, 4) is 0 Å². The fourth-order valence-corrected chi connectivity index (χ4v) is 2.97. The number of nitrogens with zero attached hydrogens (tertiary/aromatic N) is 1. The quantitative estimate of drug-likeness (QED) is 0.815. The van der Waals surface area contributed by atoms with Gasteiger partial charge in [-0.15, -0.1) is 11.8 Å². The molecule has 1 aromatic rings. The number of rotatable bonds is 5. The highest BCUT2D eigenvalue weighted by atomic mass is 32.2. The summed E-state index contributed by atoms with van der Waals surface area (Å²) in [5.41, 5.74) is 0.915. The van der Waals surface area contributed by atoms with Crippen LogP contribution in [0.25, 0.3) is 0 Å². The fraction of sp³-hybridized carbons (Fsp3) is 0.533. The molecule has 0 spiro atoms. The number of carbonyl (C=O) groups is 1. The third-order valence-electron chi connectivity index (χ3n) is 3.65. The van der Waals surface area contributed by atoms with Gasteiger partial charge in [0.15, 0.2) is 0 Å². The van der Waals surface area contributed by atoms with Gasteiger partial charge in [0.1, 0.15) is 0 Å². The second kappa shape index (κ2) is 7.67. The number of carbonyl (C=O) groups excluding carboxylic acids is 1. The Kier molecular flexibility index (Phi) is 5.88. The first-order chi connectivity index (χ1) is 9.70. The van der Waals surface area contributed by atoms with Crippen LogP contribution in [0.4, 0.5) is 5.69 Å². The van der Waals surface area contributed by atoms with E-state index in [0.717, 1.165) is 36.8 Å². The Morgan fingerprint density at radius 2 is 2.30 bits per heavy atom. The molecule has 20 heavy (non-hydrogen) atoms. The van der Waals surface area contributed by atoms with Crippen LogP contribution in [-0.4, -0.2) is 49.3 Å². The van der Waals surface area contributed by atoms with E-state index in [-0.39, 0.29) is 5.91 Å². The lowest BCUT2D eigenvalue weighted by Gasteiger charge is -2.33. The van der Waals surface area contributed by atoms with E-state index >= 15 is 0 Å². The van der Waals surface area contributed by atoms with Crippen molar-refractivity contribution in [2.24, 2.45) is 0 Å². The zero-order chi connectivity index (χ0) is 14.4. The van der Waals surface area contributed by atoms with E-state index in [1.54, 1.807) is 11.8 Å².